The Kier molecular flexibility index (Phi) is 5.89. The molecule has 0 aliphatic heterocycles. The molecule has 0 amide bonds. The van der Waals surface area contributed by atoms with E-state index in [9.17, 15) is 28.2 Å². The topological polar surface area (TPSA) is 75.3 Å². The first kappa shape index (κ1) is 23.8. The van der Waals surface area contributed by atoms with Crippen molar-refractivity contribution in [1.29, 1.82) is 0 Å². The van der Waals surface area contributed by atoms with Crippen LogP contribution in [0.25, 0.3) is 11.0 Å². The molecule has 0 bridgehead atoms. The van der Waals surface area contributed by atoms with Crippen LogP contribution in [0.1, 0.15) is 42.5 Å². The number of phenols is 1. The van der Waals surface area contributed by atoms with Gasteiger partial charge in [0, 0.05) is 23.5 Å². The molecular formula is C24H27F3N2O3. The van der Waals surface area contributed by atoms with Crippen LogP contribution in [0, 0.1) is 20.8 Å². The van der Waals surface area contributed by atoms with Gasteiger partial charge >= 0.3 is 6.18 Å². The van der Waals surface area contributed by atoms with Gasteiger partial charge in [0.25, 0.3) is 0 Å². The zero-order valence-electron chi connectivity index (χ0n) is 18.7. The number of hydrogen-bond donors (Lipinski definition) is 2. The maximum absolute atomic E-state index is 14.3. The summed E-state index contributed by atoms with van der Waals surface area (Å²) in [4.78, 5) is 16.4. The first-order valence-corrected chi connectivity index (χ1v) is 10.2. The predicted molar refractivity (Wildman–Crippen MR) is 117 cm³/mol. The molecule has 5 nitrogen and oxygen atoms in total. The van der Waals surface area contributed by atoms with Gasteiger partial charge in [-0.1, -0.05) is 31.5 Å². The summed E-state index contributed by atoms with van der Waals surface area (Å²) in [6, 6.07) is 6.41. The number of alkyl halides is 3. The van der Waals surface area contributed by atoms with E-state index >= 15 is 0 Å². The van der Waals surface area contributed by atoms with Gasteiger partial charge in [0.2, 0.25) is 5.43 Å². The lowest BCUT2D eigenvalue weighted by atomic mass is 9.73. The Labute approximate surface area is 184 Å². The van der Waals surface area contributed by atoms with Crippen molar-refractivity contribution in [3.8, 4) is 5.75 Å². The summed E-state index contributed by atoms with van der Waals surface area (Å²) in [6.07, 6.45) is -2.96. The SMILES string of the molecule is Cc1cc(C)c(O)c(C(C)(C)CC(O)(Cn2cc(C)c(=O)c3ncccc32)C(F)(F)F)c1. The van der Waals surface area contributed by atoms with Crippen molar-refractivity contribution in [3.63, 3.8) is 0 Å². The molecular weight excluding hydrogens is 421 g/mol. The number of halogens is 3. The van der Waals surface area contributed by atoms with E-state index in [1.807, 2.05) is 0 Å². The van der Waals surface area contributed by atoms with E-state index in [0.717, 1.165) is 5.56 Å². The number of hydrogen-bond acceptors (Lipinski definition) is 4. The number of pyridine rings is 2. The second-order valence-corrected chi connectivity index (χ2v) is 9.21. The minimum absolute atomic E-state index is 0.0447. The third-order valence-electron chi connectivity index (χ3n) is 5.89. The van der Waals surface area contributed by atoms with Gasteiger partial charge in [0.05, 0.1) is 12.1 Å². The second kappa shape index (κ2) is 7.92. The summed E-state index contributed by atoms with van der Waals surface area (Å²) in [5.74, 6) is -0.0843. The van der Waals surface area contributed by atoms with E-state index in [1.165, 1.54) is 36.0 Å². The highest BCUT2D eigenvalue weighted by Gasteiger charge is 2.56. The van der Waals surface area contributed by atoms with Gasteiger partial charge in [-0.25, -0.2) is 0 Å². The van der Waals surface area contributed by atoms with Crippen molar-refractivity contribution >= 4 is 11.0 Å². The standard InChI is InChI=1S/C24H27F3N2O3/c1-14-9-15(2)20(30)17(10-14)22(4,5)12-23(32,24(25,26)27)13-29-11-16(3)21(31)19-18(29)7-6-8-28-19/h6-11,30,32H,12-13H2,1-5H3. The zero-order valence-corrected chi connectivity index (χ0v) is 18.7. The fourth-order valence-corrected chi connectivity index (χ4v) is 4.31. The second-order valence-electron chi connectivity index (χ2n) is 9.21. The van der Waals surface area contributed by atoms with E-state index in [2.05, 4.69) is 4.98 Å². The monoisotopic (exact) mass is 448 g/mol. The molecule has 0 fully saturated rings. The highest BCUT2D eigenvalue weighted by molar-refractivity contribution is 5.74. The van der Waals surface area contributed by atoms with Crippen molar-refractivity contribution in [2.45, 2.75) is 64.8 Å². The fourth-order valence-electron chi connectivity index (χ4n) is 4.31. The van der Waals surface area contributed by atoms with Crippen LogP contribution in [-0.4, -0.2) is 31.5 Å². The maximum atomic E-state index is 14.3. The van der Waals surface area contributed by atoms with Gasteiger partial charge in [-0.2, -0.15) is 13.2 Å². The number of nitrogens with zero attached hydrogens (tertiary/aromatic N) is 2. The van der Waals surface area contributed by atoms with E-state index in [0.29, 0.717) is 11.1 Å². The van der Waals surface area contributed by atoms with E-state index < -0.39 is 30.2 Å². The van der Waals surface area contributed by atoms with E-state index in [4.69, 9.17) is 0 Å². The molecule has 0 saturated carbocycles. The molecule has 8 heteroatoms. The third kappa shape index (κ3) is 4.24. The normalized spacial score (nSPS) is 14.5. The first-order chi connectivity index (χ1) is 14.7. The molecule has 1 unspecified atom stereocenters. The molecule has 1 aromatic carbocycles. The Bertz CT molecular complexity index is 1230. The molecule has 0 aliphatic carbocycles. The van der Waals surface area contributed by atoms with Gasteiger partial charge in [-0.05, 0) is 50.3 Å². The number of phenolic OH excluding ortho intramolecular Hbond substituents is 1. The van der Waals surface area contributed by atoms with Crippen LogP contribution in [0.5, 0.6) is 5.75 Å². The van der Waals surface area contributed by atoms with Crippen molar-refractivity contribution in [2.24, 2.45) is 0 Å². The lowest BCUT2D eigenvalue weighted by molar-refractivity contribution is -0.271. The van der Waals surface area contributed by atoms with Crippen molar-refractivity contribution in [3.05, 3.63) is 69.1 Å². The lowest BCUT2D eigenvalue weighted by Gasteiger charge is -2.39. The van der Waals surface area contributed by atoms with Gasteiger partial charge < -0.3 is 14.8 Å². The summed E-state index contributed by atoms with van der Waals surface area (Å²) in [6.45, 7) is 7.28. The van der Waals surface area contributed by atoms with Crippen LogP contribution < -0.4 is 5.43 Å². The molecule has 172 valence electrons. The first-order valence-electron chi connectivity index (χ1n) is 10.2. The Balaban J connectivity index is 2.13. The summed E-state index contributed by atoms with van der Waals surface area (Å²) in [5, 5.41) is 21.6. The molecule has 2 heterocycles. The minimum Gasteiger partial charge on any atom is -0.507 e. The van der Waals surface area contributed by atoms with Gasteiger partial charge in [-0.15, -0.1) is 0 Å². The summed E-state index contributed by atoms with van der Waals surface area (Å²) < 4.78 is 44.0. The van der Waals surface area contributed by atoms with Crippen molar-refractivity contribution < 1.29 is 23.4 Å². The van der Waals surface area contributed by atoms with Crippen LogP contribution in [-0.2, 0) is 12.0 Å². The van der Waals surface area contributed by atoms with E-state index in [1.54, 1.807) is 39.8 Å². The Morgan fingerprint density at radius 3 is 2.38 bits per heavy atom. The van der Waals surface area contributed by atoms with E-state index in [-0.39, 0.29) is 27.8 Å². The average Bonchev–Trinajstić information content (AvgIpc) is 2.67. The number of aromatic hydroxyl groups is 1. The largest absolute Gasteiger partial charge is 0.507 e. The number of fused-ring (bicyclic) bond motifs is 1. The fraction of sp³-hybridized carbons (Fsp3) is 0.417. The maximum Gasteiger partial charge on any atom is 0.418 e. The molecule has 0 spiro atoms. The van der Waals surface area contributed by atoms with Gasteiger partial charge in [0.15, 0.2) is 5.60 Å². The van der Waals surface area contributed by atoms with Crippen LogP contribution in [0.4, 0.5) is 13.2 Å². The highest BCUT2D eigenvalue weighted by Crippen LogP contribution is 2.45. The zero-order chi connectivity index (χ0) is 24.1. The summed E-state index contributed by atoms with van der Waals surface area (Å²) >= 11 is 0. The summed E-state index contributed by atoms with van der Waals surface area (Å²) in [5.41, 5.74) is -2.55. The average molecular weight is 448 g/mol. The predicted octanol–water partition coefficient (Wildman–Crippen LogP) is 4.69. The number of rotatable bonds is 5. The van der Waals surface area contributed by atoms with Gasteiger partial charge in [0.1, 0.15) is 11.3 Å². The number of aromatic nitrogens is 2. The molecule has 32 heavy (non-hydrogen) atoms. The summed E-state index contributed by atoms with van der Waals surface area (Å²) in [7, 11) is 0. The lowest BCUT2D eigenvalue weighted by Crippen LogP contribution is -2.52. The molecule has 0 aliphatic rings. The molecule has 2 aromatic heterocycles. The van der Waals surface area contributed by atoms with Crippen LogP contribution in [0.2, 0.25) is 0 Å². The molecule has 0 saturated heterocycles. The molecule has 0 radical (unpaired) electrons. The Morgan fingerprint density at radius 2 is 1.75 bits per heavy atom. The molecule has 3 rings (SSSR count). The van der Waals surface area contributed by atoms with Gasteiger partial charge in [-0.3, -0.25) is 9.78 Å². The minimum atomic E-state index is -4.97. The van der Waals surface area contributed by atoms with Crippen molar-refractivity contribution in [2.75, 3.05) is 0 Å². The Morgan fingerprint density at radius 1 is 1.09 bits per heavy atom. The van der Waals surface area contributed by atoms with Crippen molar-refractivity contribution in [1.82, 2.24) is 9.55 Å². The molecule has 2 N–H and O–H groups in total. The highest BCUT2D eigenvalue weighted by atomic mass is 19.4. The third-order valence-corrected chi connectivity index (χ3v) is 5.89. The van der Waals surface area contributed by atoms with Crippen LogP contribution in [0.15, 0.2) is 41.5 Å². The van der Waals surface area contributed by atoms with Crippen LogP contribution in [0.3, 0.4) is 0 Å². The van der Waals surface area contributed by atoms with Crippen LogP contribution >= 0.6 is 0 Å². The molecule has 3 aromatic rings. The Hall–Kier alpha value is -2.87. The quantitative estimate of drug-likeness (QED) is 0.594. The number of aryl methyl sites for hydroxylation is 3. The smallest absolute Gasteiger partial charge is 0.418 e. The molecule has 1 atom stereocenters. The number of benzene rings is 1. The number of aliphatic hydroxyl groups is 1.